The van der Waals surface area contributed by atoms with Crippen LogP contribution in [0, 0.1) is 0 Å². The SMILES string of the molecule is CCCCSc1ncc(B(O)O)cn1. The molecular formula is C8H13BN2O2S. The molecule has 0 aliphatic rings. The van der Waals surface area contributed by atoms with Crippen molar-refractivity contribution in [1.82, 2.24) is 9.97 Å². The van der Waals surface area contributed by atoms with Crippen LogP contribution in [0.5, 0.6) is 0 Å². The van der Waals surface area contributed by atoms with Crippen molar-refractivity contribution in [1.29, 1.82) is 0 Å². The average molecular weight is 212 g/mol. The lowest BCUT2D eigenvalue weighted by molar-refractivity contribution is 0.425. The van der Waals surface area contributed by atoms with Crippen LogP contribution in [0.1, 0.15) is 19.8 Å². The predicted molar refractivity (Wildman–Crippen MR) is 57.5 cm³/mol. The first-order chi connectivity index (χ1) is 6.74. The van der Waals surface area contributed by atoms with E-state index in [9.17, 15) is 0 Å². The molecule has 2 N–H and O–H groups in total. The van der Waals surface area contributed by atoms with Crippen LogP contribution in [0.2, 0.25) is 0 Å². The summed E-state index contributed by atoms with van der Waals surface area (Å²) < 4.78 is 0. The zero-order chi connectivity index (χ0) is 10.4. The van der Waals surface area contributed by atoms with E-state index in [4.69, 9.17) is 10.0 Å². The van der Waals surface area contributed by atoms with Crippen LogP contribution in [-0.4, -0.2) is 32.9 Å². The maximum atomic E-state index is 8.80. The molecule has 1 aromatic rings. The number of unbranched alkanes of at least 4 members (excludes halogenated alkanes) is 1. The van der Waals surface area contributed by atoms with Crippen LogP contribution < -0.4 is 5.46 Å². The molecule has 0 atom stereocenters. The van der Waals surface area contributed by atoms with Crippen LogP contribution >= 0.6 is 11.8 Å². The smallest absolute Gasteiger partial charge is 0.423 e. The summed E-state index contributed by atoms with van der Waals surface area (Å²) in [5.41, 5.74) is 0.324. The van der Waals surface area contributed by atoms with Crippen molar-refractivity contribution in [2.45, 2.75) is 24.9 Å². The monoisotopic (exact) mass is 212 g/mol. The first kappa shape index (κ1) is 11.5. The second-order valence-corrected chi connectivity index (χ2v) is 3.94. The molecule has 0 aromatic carbocycles. The van der Waals surface area contributed by atoms with Crippen LogP contribution in [0.3, 0.4) is 0 Å². The molecule has 0 aliphatic heterocycles. The van der Waals surface area contributed by atoms with Gasteiger partial charge in [-0.15, -0.1) is 0 Å². The lowest BCUT2D eigenvalue weighted by atomic mass is 9.83. The van der Waals surface area contributed by atoms with Gasteiger partial charge < -0.3 is 10.0 Å². The lowest BCUT2D eigenvalue weighted by Crippen LogP contribution is -2.30. The molecular weight excluding hydrogens is 199 g/mol. The molecule has 4 nitrogen and oxygen atoms in total. The summed E-state index contributed by atoms with van der Waals surface area (Å²) >= 11 is 1.58. The minimum atomic E-state index is -1.48. The summed E-state index contributed by atoms with van der Waals surface area (Å²) in [6, 6.07) is 0. The second-order valence-electron chi connectivity index (χ2n) is 2.87. The molecule has 1 aromatic heterocycles. The van der Waals surface area contributed by atoms with Crippen LogP contribution in [-0.2, 0) is 0 Å². The Balaban J connectivity index is 2.47. The Morgan fingerprint density at radius 3 is 2.50 bits per heavy atom. The van der Waals surface area contributed by atoms with Crippen molar-refractivity contribution in [2.75, 3.05) is 5.75 Å². The summed E-state index contributed by atoms with van der Waals surface area (Å²) in [4.78, 5) is 8.01. The van der Waals surface area contributed by atoms with Gasteiger partial charge in [0, 0.05) is 23.6 Å². The van der Waals surface area contributed by atoms with E-state index in [1.807, 2.05) is 0 Å². The van der Waals surface area contributed by atoms with Gasteiger partial charge in [0.25, 0.3) is 0 Å². The van der Waals surface area contributed by atoms with Crippen LogP contribution in [0.15, 0.2) is 17.6 Å². The molecule has 0 amide bonds. The molecule has 0 radical (unpaired) electrons. The van der Waals surface area contributed by atoms with Crippen molar-refractivity contribution in [3.05, 3.63) is 12.4 Å². The summed E-state index contributed by atoms with van der Waals surface area (Å²) in [5.74, 6) is 0.998. The molecule has 14 heavy (non-hydrogen) atoms. The molecule has 0 bridgehead atoms. The Bertz CT molecular complexity index is 269. The van der Waals surface area contributed by atoms with Crippen molar-refractivity contribution >= 4 is 24.3 Å². The highest BCUT2D eigenvalue weighted by molar-refractivity contribution is 7.99. The topological polar surface area (TPSA) is 66.2 Å². The molecule has 0 saturated heterocycles. The van der Waals surface area contributed by atoms with E-state index in [-0.39, 0.29) is 0 Å². The number of nitrogens with zero attached hydrogens (tertiary/aromatic N) is 2. The van der Waals surface area contributed by atoms with Gasteiger partial charge in [-0.3, -0.25) is 0 Å². The van der Waals surface area contributed by atoms with Crippen molar-refractivity contribution in [2.24, 2.45) is 0 Å². The van der Waals surface area contributed by atoms with Crippen molar-refractivity contribution in [3.8, 4) is 0 Å². The number of hydrogen-bond acceptors (Lipinski definition) is 5. The fourth-order valence-corrected chi connectivity index (χ4v) is 1.71. The molecule has 0 spiro atoms. The Labute approximate surface area is 87.9 Å². The Hall–Kier alpha value is -0.585. The third-order valence-electron chi connectivity index (χ3n) is 1.68. The summed E-state index contributed by atoms with van der Waals surface area (Å²) in [6.07, 6.45) is 5.16. The lowest BCUT2D eigenvalue weighted by Gasteiger charge is -2.00. The molecule has 1 rings (SSSR count). The van der Waals surface area contributed by atoms with Gasteiger partial charge in [0.05, 0.1) is 0 Å². The van der Waals surface area contributed by atoms with Gasteiger partial charge in [0.2, 0.25) is 0 Å². The standard InChI is InChI=1S/C8H13BN2O2S/c1-2-3-4-14-8-10-5-7(6-11-8)9(12)13/h5-6,12-13H,2-4H2,1H3. The molecule has 76 valence electrons. The Morgan fingerprint density at radius 1 is 1.36 bits per heavy atom. The summed E-state index contributed by atoms with van der Waals surface area (Å²) in [7, 11) is -1.48. The van der Waals surface area contributed by atoms with Gasteiger partial charge in [-0.1, -0.05) is 25.1 Å². The predicted octanol–water partition coefficient (Wildman–Crippen LogP) is 0.0486. The fourth-order valence-electron chi connectivity index (χ4n) is 0.842. The molecule has 0 saturated carbocycles. The number of hydrogen-bond donors (Lipinski definition) is 2. The molecule has 0 unspecified atom stereocenters. The van der Waals surface area contributed by atoms with Gasteiger partial charge in [-0.25, -0.2) is 9.97 Å². The van der Waals surface area contributed by atoms with Crippen LogP contribution in [0.4, 0.5) is 0 Å². The fraction of sp³-hybridized carbons (Fsp3) is 0.500. The number of rotatable bonds is 5. The van der Waals surface area contributed by atoms with E-state index in [0.29, 0.717) is 10.6 Å². The van der Waals surface area contributed by atoms with E-state index >= 15 is 0 Å². The third kappa shape index (κ3) is 3.65. The Kier molecular flexibility index (Phi) is 4.93. The molecule has 0 aliphatic carbocycles. The highest BCUT2D eigenvalue weighted by Crippen LogP contribution is 2.12. The van der Waals surface area contributed by atoms with E-state index in [0.717, 1.165) is 18.6 Å². The van der Waals surface area contributed by atoms with E-state index in [1.165, 1.54) is 12.4 Å². The van der Waals surface area contributed by atoms with Crippen LogP contribution in [0.25, 0.3) is 0 Å². The van der Waals surface area contributed by atoms with Crippen molar-refractivity contribution in [3.63, 3.8) is 0 Å². The van der Waals surface area contributed by atoms with Gasteiger partial charge in [0.15, 0.2) is 5.16 Å². The summed E-state index contributed by atoms with van der Waals surface area (Å²) in [5, 5.41) is 18.3. The first-order valence-electron chi connectivity index (χ1n) is 4.55. The van der Waals surface area contributed by atoms with Crippen molar-refractivity contribution < 1.29 is 10.0 Å². The van der Waals surface area contributed by atoms with Gasteiger partial charge in [-0.05, 0) is 6.42 Å². The third-order valence-corrected chi connectivity index (χ3v) is 2.64. The summed E-state index contributed by atoms with van der Waals surface area (Å²) in [6.45, 7) is 2.13. The molecule has 6 heteroatoms. The largest absolute Gasteiger partial charge is 0.491 e. The van der Waals surface area contributed by atoms with Gasteiger partial charge in [0.1, 0.15) is 0 Å². The van der Waals surface area contributed by atoms with E-state index in [2.05, 4.69) is 16.9 Å². The average Bonchev–Trinajstić information content (AvgIpc) is 2.19. The second kappa shape index (κ2) is 6.00. The molecule has 1 heterocycles. The van der Waals surface area contributed by atoms with E-state index < -0.39 is 7.12 Å². The highest BCUT2D eigenvalue weighted by atomic mass is 32.2. The normalized spacial score (nSPS) is 10.2. The number of thioether (sulfide) groups is 1. The quantitative estimate of drug-likeness (QED) is 0.312. The minimum absolute atomic E-state index is 0.324. The zero-order valence-electron chi connectivity index (χ0n) is 8.05. The first-order valence-corrected chi connectivity index (χ1v) is 5.53. The minimum Gasteiger partial charge on any atom is -0.423 e. The van der Waals surface area contributed by atoms with Gasteiger partial charge in [-0.2, -0.15) is 0 Å². The molecule has 0 fully saturated rings. The number of aromatic nitrogens is 2. The van der Waals surface area contributed by atoms with E-state index in [1.54, 1.807) is 11.8 Å². The Morgan fingerprint density at radius 2 is 2.00 bits per heavy atom. The zero-order valence-corrected chi connectivity index (χ0v) is 8.87. The highest BCUT2D eigenvalue weighted by Gasteiger charge is 2.11. The maximum absolute atomic E-state index is 8.80. The maximum Gasteiger partial charge on any atom is 0.491 e. The van der Waals surface area contributed by atoms with Gasteiger partial charge >= 0.3 is 7.12 Å².